The summed E-state index contributed by atoms with van der Waals surface area (Å²) in [6, 6.07) is 0. The van der Waals surface area contributed by atoms with Gasteiger partial charge in [-0.25, -0.2) is 9.97 Å². The summed E-state index contributed by atoms with van der Waals surface area (Å²) in [5.41, 5.74) is 0. The molecule has 3 nitrogen and oxygen atoms in total. The van der Waals surface area contributed by atoms with Crippen molar-refractivity contribution in [3.63, 3.8) is 0 Å². The minimum Gasteiger partial charge on any atom is -0.396 e. The molecule has 0 fully saturated rings. The van der Waals surface area contributed by atoms with Crippen molar-refractivity contribution in [2.24, 2.45) is 0 Å². The van der Waals surface area contributed by atoms with E-state index in [1.165, 1.54) is 24.2 Å². The van der Waals surface area contributed by atoms with Crippen molar-refractivity contribution in [2.75, 3.05) is 12.4 Å². The van der Waals surface area contributed by atoms with Gasteiger partial charge in [0.05, 0.1) is 24.0 Å². The van der Waals surface area contributed by atoms with Gasteiger partial charge in [-0.15, -0.1) is 0 Å². The van der Waals surface area contributed by atoms with Crippen LogP contribution in [0.15, 0.2) is 17.6 Å². The lowest BCUT2D eigenvalue weighted by Crippen LogP contribution is -1.89. The van der Waals surface area contributed by atoms with Crippen molar-refractivity contribution in [3.8, 4) is 0 Å². The molecule has 1 aromatic heterocycles. The maximum Gasteiger partial charge on any atom is 0.187 e. The summed E-state index contributed by atoms with van der Waals surface area (Å²) < 4.78 is 0. The van der Waals surface area contributed by atoms with E-state index in [1.807, 2.05) is 0 Å². The van der Waals surface area contributed by atoms with Crippen LogP contribution in [0.5, 0.6) is 0 Å². The number of nitrogens with zero attached hydrogens (tertiary/aromatic N) is 2. The second kappa shape index (κ2) is 4.54. The van der Waals surface area contributed by atoms with E-state index >= 15 is 0 Å². The van der Waals surface area contributed by atoms with E-state index in [2.05, 4.69) is 9.97 Å². The zero-order valence-corrected chi connectivity index (χ0v) is 7.27. The monoisotopic (exact) mass is 190 g/mol. The topological polar surface area (TPSA) is 46.0 Å². The molecule has 0 unspecified atom stereocenters. The SMILES string of the molecule is OCCSc1ncc(Cl)cn1. The first-order valence-corrected chi connectivity index (χ1v) is 4.40. The normalized spacial score (nSPS) is 10.0. The number of aliphatic hydroxyl groups excluding tert-OH is 1. The highest BCUT2D eigenvalue weighted by Crippen LogP contribution is 2.12. The molecule has 1 heterocycles. The molecule has 1 rings (SSSR count). The Morgan fingerprint density at radius 3 is 2.64 bits per heavy atom. The second-order valence-electron chi connectivity index (χ2n) is 1.76. The minimum atomic E-state index is 0.136. The quantitative estimate of drug-likeness (QED) is 0.575. The zero-order chi connectivity index (χ0) is 8.10. The molecule has 0 aliphatic heterocycles. The van der Waals surface area contributed by atoms with Crippen molar-refractivity contribution < 1.29 is 5.11 Å². The molecule has 0 bridgehead atoms. The Balaban J connectivity index is 2.52. The summed E-state index contributed by atoms with van der Waals surface area (Å²) in [5.74, 6) is 0.613. The van der Waals surface area contributed by atoms with Gasteiger partial charge < -0.3 is 5.11 Å². The lowest BCUT2D eigenvalue weighted by molar-refractivity contribution is 0.322. The number of halogens is 1. The summed E-state index contributed by atoms with van der Waals surface area (Å²) in [6.45, 7) is 0.136. The molecular formula is C6H7ClN2OS. The fourth-order valence-electron chi connectivity index (χ4n) is 0.512. The van der Waals surface area contributed by atoms with Gasteiger partial charge in [-0.05, 0) is 0 Å². The third-order valence-electron chi connectivity index (χ3n) is 0.919. The Bertz CT molecular complexity index is 216. The van der Waals surface area contributed by atoms with Gasteiger partial charge in [0.2, 0.25) is 0 Å². The van der Waals surface area contributed by atoms with E-state index in [9.17, 15) is 0 Å². The lowest BCUT2D eigenvalue weighted by Gasteiger charge is -1.95. The van der Waals surface area contributed by atoms with E-state index < -0.39 is 0 Å². The van der Waals surface area contributed by atoms with Crippen LogP contribution in [0.25, 0.3) is 0 Å². The van der Waals surface area contributed by atoms with Gasteiger partial charge >= 0.3 is 0 Å². The summed E-state index contributed by atoms with van der Waals surface area (Å²) in [7, 11) is 0. The first-order chi connectivity index (χ1) is 5.33. The van der Waals surface area contributed by atoms with Crippen LogP contribution in [0.4, 0.5) is 0 Å². The third-order valence-corrected chi connectivity index (χ3v) is 1.97. The average Bonchev–Trinajstić information content (AvgIpc) is 2.04. The second-order valence-corrected chi connectivity index (χ2v) is 3.25. The molecule has 0 aliphatic carbocycles. The van der Waals surface area contributed by atoms with Crippen molar-refractivity contribution in [1.82, 2.24) is 9.97 Å². The fourth-order valence-corrected chi connectivity index (χ4v) is 1.14. The molecule has 1 N–H and O–H groups in total. The molecule has 5 heteroatoms. The predicted molar refractivity (Wildman–Crippen MR) is 44.9 cm³/mol. The van der Waals surface area contributed by atoms with Gasteiger partial charge in [-0.1, -0.05) is 23.4 Å². The third kappa shape index (κ3) is 3.05. The lowest BCUT2D eigenvalue weighted by atomic mass is 10.7. The number of aliphatic hydroxyl groups is 1. The molecular weight excluding hydrogens is 184 g/mol. The predicted octanol–water partition coefficient (Wildman–Crippen LogP) is 1.21. The molecule has 0 radical (unpaired) electrons. The van der Waals surface area contributed by atoms with Crippen molar-refractivity contribution >= 4 is 23.4 Å². The highest BCUT2D eigenvalue weighted by atomic mass is 35.5. The van der Waals surface area contributed by atoms with Crippen LogP contribution >= 0.6 is 23.4 Å². The number of hydrogen-bond acceptors (Lipinski definition) is 4. The van der Waals surface area contributed by atoms with Crippen LogP contribution in [0.2, 0.25) is 5.02 Å². The van der Waals surface area contributed by atoms with E-state index in [1.54, 1.807) is 0 Å². The Morgan fingerprint density at radius 2 is 2.09 bits per heavy atom. The molecule has 11 heavy (non-hydrogen) atoms. The van der Waals surface area contributed by atoms with Crippen molar-refractivity contribution in [2.45, 2.75) is 5.16 Å². The summed E-state index contributed by atoms with van der Waals surface area (Å²) in [4.78, 5) is 7.85. The van der Waals surface area contributed by atoms with Crippen molar-refractivity contribution in [1.29, 1.82) is 0 Å². The van der Waals surface area contributed by atoms with Gasteiger partial charge in [0.1, 0.15) is 0 Å². The fraction of sp³-hybridized carbons (Fsp3) is 0.333. The van der Waals surface area contributed by atoms with Crippen LogP contribution in [0.3, 0.4) is 0 Å². The van der Waals surface area contributed by atoms with Crippen LogP contribution in [-0.2, 0) is 0 Å². The molecule has 0 amide bonds. The number of hydrogen-bond donors (Lipinski definition) is 1. The van der Waals surface area contributed by atoms with E-state index in [-0.39, 0.29) is 6.61 Å². The molecule has 0 aliphatic rings. The van der Waals surface area contributed by atoms with Crippen LogP contribution in [0, 0.1) is 0 Å². The van der Waals surface area contributed by atoms with Crippen LogP contribution in [-0.4, -0.2) is 27.4 Å². The maximum absolute atomic E-state index is 8.48. The van der Waals surface area contributed by atoms with Gasteiger partial charge in [0.15, 0.2) is 5.16 Å². The molecule has 0 aromatic carbocycles. The highest BCUT2D eigenvalue weighted by molar-refractivity contribution is 7.99. The molecule has 60 valence electrons. The summed E-state index contributed by atoms with van der Waals surface area (Å²) in [6.07, 6.45) is 3.07. The van der Waals surface area contributed by atoms with Gasteiger partial charge in [0, 0.05) is 5.75 Å². The Hall–Kier alpha value is -0.320. The van der Waals surface area contributed by atoms with Crippen molar-refractivity contribution in [3.05, 3.63) is 17.4 Å². The minimum absolute atomic E-state index is 0.136. The van der Waals surface area contributed by atoms with Crippen LogP contribution in [0.1, 0.15) is 0 Å². The first kappa shape index (κ1) is 8.77. The average molecular weight is 191 g/mol. The number of rotatable bonds is 3. The van der Waals surface area contributed by atoms with E-state index in [0.29, 0.717) is 15.9 Å². The Morgan fingerprint density at radius 1 is 1.45 bits per heavy atom. The Kier molecular flexibility index (Phi) is 3.62. The summed E-state index contributed by atoms with van der Waals surface area (Å²) in [5, 5.41) is 9.65. The van der Waals surface area contributed by atoms with E-state index in [4.69, 9.17) is 16.7 Å². The molecule has 0 saturated carbocycles. The smallest absolute Gasteiger partial charge is 0.187 e. The van der Waals surface area contributed by atoms with Gasteiger partial charge in [-0.2, -0.15) is 0 Å². The summed E-state index contributed by atoms with van der Waals surface area (Å²) >= 11 is 6.96. The molecule has 0 atom stereocenters. The largest absolute Gasteiger partial charge is 0.396 e. The number of thioether (sulfide) groups is 1. The molecule has 1 aromatic rings. The first-order valence-electron chi connectivity index (χ1n) is 3.04. The number of aromatic nitrogens is 2. The standard InChI is InChI=1S/C6H7ClN2OS/c7-5-3-8-6(9-4-5)11-2-1-10/h3-4,10H,1-2H2. The zero-order valence-electron chi connectivity index (χ0n) is 5.70. The molecule has 0 spiro atoms. The Labute approximate surface area is 73.8 Å². The maximum atomic E-state index is 8.48. The van der Waals surface area contributed by atoms with E-state index in [0.717, 1.165) is 0 Å². The van der Waals surface area contributed by atoms with Gasteiger partial charge in [-0.3, -0.25) is 0 Å². The molecule has 0 saturated heterocycles. The highest BCUT2D eigenvalue weighted by Gasteiger charge is 1.95. The van der Waals surface area contributed by atoms with Gasteiger partial charge in [0.25, 0.3) is 0 Å². The van der Waals surface area contributed by atoms with Crippen LogP contribution < -0.4 is 0 Å².